The molecular formula is C31H31N3O3. The second kappa shape index (κ2) is 10.7. The predicted molar refractivity (Wildman–Crippen MR) is 145 cm³/mol. The molecule has 6 nitrogen and oxygen atoms in total. The van der Waals surface area contributed by atoms with Crippen molar-refractivity contribution < 1.29 is 14.3 Å². The molecule has 2 amide bonds. The van der Waals surface area contributed by atoms with Crippen LogP contribution in [0.5, 0.6) is 5.75 Å². The van der Waals surface area contributed by atoms with E-state index in [1.54, 1.807) is 7.11 Å². The zero-order valence-electron chi connectivity index (χ0n) is 21.3. The monoisotopic (exact) mass is 493 g/mol. The molecule has 1 aliphatic rings. The lowest BCUT2D eigenvalue weighted by Crippen LogP contribution is -2.51. The molecule has 0 N–H and O–H groups in total. The van der Waals surface area contributed by atoms with E-state index < -0.39 is 0 Å². The van der Waals surface area contributed by atoms with Gasteiger partial charge in [-0.2, -0.15) is 0 Å². The molecule has 0 atom stereocenters. The van der Waals surface area contributed by atoms with Gasteiger partial charge in [0.25, 0.3) is 5.91 Å². The molecule has 3 aromatic carbocycles. The smallest absolute Gasteiger partial charge is 0.255 e. The Kier molecular flexibility index (Phi) is 7.08. The number of nitrogens with zero attached hydrogens (tertiary/aromatic N) is 3. The number of hydrogen-bond donors (Lipinski definition) is 0. The Balaban J connectivity index is 1.38. The van der Waals surface area contributed by atoms with Crippen LogP contribution in [-0.4, -0.2) is 59.5 Å². The molecule has 1 fully saturated rings. The molecule has 1 aliphatic heterocycles. The highest BCUT2D eigenvalue weighted by Gasteiger charge is 2.28. The van der Waals surface area contributed by atoms with Crippen molar-refractivity contribution >= 4 is 11.8 Å². The summed E-state index contributed by atoms with van der Waals surface area (Å²) in [4.78, 5) is 30.2. The lowest BCUT2D eigenvalue weighted by atomic mass is 10.1. The number of aromatic nitrogens is 1. The number of carbonyl (C=O) groups is 2. The van der Waals surface area contributed by atoms with Crippen molar-refractivity contribution in [2.75, 3.05) is 33.3 Å². The SMILES string of the molecule is COc1cccc(-c2cc(C(=O)N3CCN(C(=O)Cc4ccccc4)CC3)c(C)n2-c2ccccc2)c1. The molecule has 37 heavy (non-hydrogen) atoms. The highest BCUT2D eigenvalue weighted by atomic mass is 16.5. The van der Waals surface area contributed by atoms with E-state index >= 15 is 0 Å². The molecule has 0 saturated carbocycles. The first-order valence-electron chi connectivity index (χ1n) is 12.6. The Bertz CT molecular complexity index is 1390. The van der Waals surface area contributed by atoms with Crippen molar-refractivity contribution in [2.24, 2.45) is 0 Å². The number of para-hydroxylation sites is 1. The van der Waals surface area contributed by atoms with Crippen LogP contribution in [0.3, 0.4) is 0 Å². The number of benzene rings is 3. The van der Waals surface area contributed by atoms with Gasteiger partial charge in [0.15, 0.2) is 0 Å². The van der Waals surface area contributed by atoms with Crippen LogP contribution in [0.4, 0.5) is 0 Å². The van der Waals surface area contributed by atoms with E-state index in [1.807, 2.05) is 108 Å². The van der Waals surface area contributed by atoms with E-state index in [4.69, 9.17) is 4.74 Å². The molecule has 6 heteroatoms. The molecule has 4 aromatic rings. The van der Waals surface area contributed by atoms with Crippen molar-refractivity contribution in [3.63, 3.8) is 0 Å². The molecule has 1 saturated heterocycles. The van der Waals surface area contributed by atoms with Crippen LogP contribution in [-0.2, 0) is 11.2 Å². The van der Waals surface area contributed by atoms with Gasteiger partial charge in [-0.15, -0.1) is 0 Å². The summed E-state index contributed by atoms with van der Waals surface area (Å²) in [7, 11) is 1.65. The van der Waals surface area contributed by atoms with Crippen LogP contribution < -0.4 is 4.74 Å². The van der Waals surface area contributed by atoms with E-state index in [1.165, 1.54) is 0 Å². The first kappa shape index (κ1) is 24.4. The van der Waals surface area contributed by atoms with Gasteiger partial charge in [0.2, 0.25) is 5.91 Å². The molecule has 0 unspecified atom stereocenters. The molecule has 0 radical (unpaired) electrons. The zero-order valence-corrected chi connectivity index (χ0v) is 21.3. The summed E-state index contributed by atoms with van der Waals surface area (Å²) in [5.41, 5.74) is 5.47. The van der Waals surface area contributed by atoms with Crippen molar-refractivity contribution in [1.29, 1.82) is 0 Å². The van der Waals surface area contributed by atoms with Crippen molar-refractivity contribution in [3.8, 4) is 22.7 Å². The first-order valence-corrected chi connectivity index (χ1v) is 12.6. The number of piperazine rings is 1. The maximum Gasteiger partial charge on any atom is 0.255 e. The number of amides is 2. The Hall–Kier alpha value is -4.32. The average Bonchev–Trinajstić information content (AvgIpc) is 3.30. The van der Waals surface area contributed by atoms with Gasteiger partial charge in [-0.25, -0.2) is 0 Å². The largest absolute Gasteiger partial charge is 0.497 e. The van der Waals surface area contributed by atoms with Crippen molar-refractivity contribution in [1.82, 2.24) is 14.4 Å². The molecule has 0 aliphatic carbocycles. The van der Waals surface area contributed by atoms with E-state index in [9.17, 15) is 9.59 Å². The molecule has 188 valence electrons. The van der Waals surface area contributed by atoms with Crippen molar-refractivity contribution in [2.45, 2.75) is 13.3 Å². The highest BCUT2D eigenvalue weighted by molar-refractivity contribution is 5.97. The first-order chi connectivity index (χ1) is 18.0. The lowest BCUT2D eigenvalue weighted by Gasteiger charge is -2.35. The third-order valence-electron chi connectivity index (χ3n) is 6.98. The van der Waals surface area contributed by atoms with Crippen LogP contribution in [0.2, 0.25) is 0 Å². The van der Waals surface area contributed by atoms with Gasteiger partial charge in [0, 0.05) is 43.1 Å². The minimum Gasteiger partial charge on any atom is -0.497 e. The van der Waals surface area contributed by atoms with E-state index in [0.717, 1.165) is 34.0 Å². The van der Waals surface area contributed by atoms with Gasteiger partial charge >= 0.3 is 0 Å². The number of hydrogen-bond acceptors (Lipinski definition) is 3. The van der Waals surface area contributed by atoms with Gasteiger partial charge in [-0.05, 0) is 42.8 Å². The van der Waals surface area contributed by atoms with Crippen molar-refractivity contribution in [3.05, 3.63) is 108 Å². The van der Waals surface area contributed by atoms with Gasteiger partial charge in [0.1, 0.15) is 5.75 Å². The quantitative estimate of drug-likeness (QED) is 0.380. The third-order valence-corrected chi connectivity index (χ3v) is 6.98. The topological polar surface area (TPSA) is 54.8 Å². The van der Waals surface area contributed by atoms with E-state index in [2.05, 4.69) is 4.57 Å². The summed E-state index contributed by atoms with van der Waals surface area (Å²) in [5.74, 6) is 0.858. The highest BCUT2D eigenvalue weighted by Crippen LogP contribution is 2.32. The lowest BCUT2D eigenvalue weighted by molar-refractivity contribution is -0.131. The predicted octanol–water partition coefficient (Wildman–Crippen LogP) is 4.99. The standard InChI is InChI=1S/C31H31N3O3/c1-23-28(31(36)33-18-16-32(17-19-33)30(35)20-24-10-5-3-6-11-24)22-29(25-12-9-15-27(21-25)37-2)34(23)26-13-7-4-8-14-26/h3-15,21-22H,16-20H2,1-2H3. The van der Waals surface area contributed by atoms with Crippen LogP contribution in [0, 0.1) is 6.92 Å². The second-order valence-electron chi connectivity index (χ2n) is 9.27. The molecule has 5 rings (SSSR count). The summed E-state index contributed by atoms with van der Waals surface area (Å²) in [6.07, 6.45) is 0.387. The molecule has 0 spiro atoms. The fraction of sp³-hybridized carbons (Fsp3) is 0.226. The number of ether oxygens (including phenoxy) is 1. The molecular weight excluding hydrogens is 462 g/mol. The van der Waals surface area contributed by atoms with Gasteiger partial charge in [-0.3, -0.25) is 9.59 Å². The second-order valence-corrected chi connectivity index (χ2v) is 9.27. The van der Waals surface area contributed by atoms with Gasteiger partial charge < -0.3 is 19.1 Å². The van der Waals surface area contributed by atoms with E-state index in [-0.39, 0.29) is 11.8 Å². The van der Waals surface area contributed by atoms with E-state index in [0.29, 0.717) is 38.2 Å². The Labute approximate surface area is 217 Å². The summed E-state index contributed by atoms with van der Waals surface area (Å²) in [5, 5.41) is 0. The zero-order chi connectivity index (χ0) is 25.8. The Morgan fingerprint density at radius 1 is 0.784 bits per heavy atom. The summed E-state index contributed by atoms with van der Waals surface area (Å²) < 4.78 is 7.58. The number of rotatable bonds is 6. The minimum atomic E-state index is -0.00788. The molecule has 0 bridgehead atoms. The van der Waals surface area contributed by atoms with Gasteiger partial charge in [-0.1, -0.05) is 60.7 Å². The Morgan fingerprint density at radius 3 is 2.11 bits per heavy atom. The summed E-state index contributed by atoms with van der Waals surface area (Å²) in [6.45, 7) is 4.11. The molecule has 1 aromatic heterocycles. The summed E-state index contributed by atoms with van der Waals surface area (Å²) >= 11 is 0. The maximum absolute atomic E-state index is 13.7. The number of carbonyl (C=O) groups excluding carboxylic acids is 2. The van der Waals surface area contributed by atoms with Crippen LogP contribution >= 0.6 is 0 Å². The summed E-state index contributed by atoms with van der Waals surface area (Å²) in [6, 6.07) is 29.7. The number of methoxy groups -OCH3 is 1. The van der Waals surface area contributed by atoms with Gasteiger partial charge in [0.05, 0.1) is 24.8 Å². The molecule has 2 heterocycles. The average molecular weight is 494 g/mol. The van der Waals surface area contributed by atoms with Crippen LogP contribution in [0.1, 0.15) is 21.6 Å². The maximum atomic E-state index is 13.7. The van der Waals surface area contributed by atoms with Crippen LogP contribution in [0.25, 0.3) is 16.9 Å². The fourth-order valence-corrected chi connectivity index (χ4v) is 4.94. The Morgan fingerprint density at radius 2 is 1.43 bits per heavy atom. The van der Waals surface area contributed by atoms with Crippen LogP contribution in [0.15, 0.2) is 91.0 Å². The minimum absolute atomic E-state index is 0.00788. The normalized spacial score (nSPS) is 13.5. The fourth-order valence-electron chi connectivity index (χ4n) is 4.94. The third kappa shape index (κ3) is 5.14.